The van der Waals surface area contributed by atoms with Crippen molar-refractivity contribution in [3.05, 3.63) is 33.8 Å². The van der Waals surface area contributed by atoms with Crippen LogP contribution in [-0.4, -0.2) is 60.5 Å². The Kier molecular flexibility index (Phi) is 6.95. The van der Waals surface area contributed by atoms with Gasteiger partial charge in [-0.2, -0.15) is 0 Å². The zero-order chi connectivity index (χ0) is 16.0. The molecule has 21 heavy (non-hydrogen) atoms. The maximum atomic E-state index is 12.3. The minimum Gasteiger partial charge on any atom is -0.480 e. The van der Waals surface area contributed by atoms with Crippen molar-refractivity contribution < 1.29 is 14.7 Å². The summed E-state index contributed by atoms with van der Waals surface area (Å²) in [6, 6.07) is 4.89. The van der Waals surface area contributed by atoms with Gasteiger partial charge in [0.15, 0.2) is 0 Å². The van der Waals surface area contributed by atoms with Crippen LogP contribution >= 0.6 is 23.2 Å². The average molecular weight is 333 g/mol. The molecule has 5 nitrogen and oxygen atoms in total. The number of halogens is 2. The highest BCUT2D eigenvalue weighted by atomic mass is 35.5. The Morgan fingerprint density at radius 1 is 1.19 bits per heavy atom. The molecule has 1 rings (SSSR count). The Balaban J connectivity index is 2.77. The quantitative estimate of drug-likeness (QED) is 0.829. The van der Waals surface area contributed by atoms with Gasteiger partial charge in [0.25, 0.3) is 0 Å². The van der Waals surface area contributed by atoms with E-state index in [9.17, 15) is 9.59 Å². The first-order valence-electron chi connectivity index (χ1n) is 6.38. The number of carboxylic acid groups (broad SMARTS) is 1. The number of aliphatic carboxylic acids is 1. The summed E-state index contributed by atoms with van der Waals surface area (Å²) >= 11 is 11.8. The zero-order valence-corrected chi connectivity index (χ0v) is 13.5. The summed E-state index contributed by atoms with van der Waals surface area (Å²) in [5.41, 5.74) is 0.631. The molecule has 0 fully saturated rings. The van der Waals surface area contributed by atoms with Gasteiger partial charge in [0.2, 0.25) is 5.91 Å². The minimum atomic E-state index is -1.04. The second-order valence-corrected chi connectivity index (χ2v) is 5.77. The summed E-state index contributed by atoms with van der Waals surface area (Å²) in [5, 5.41) is 9.80. The first kappa shape index (κ1) is 17.8. The molecule has 0 unspecified atom stereocenters. The number of likely N-dealkylation sites (N-methyl/N-ethyl adjacent to an activating group) is 1. The molecule has 116 valence electrons. The fourth-order valence-corrected chi connectivity index (χ4v) is 2.19. The molecule has 0 radical (unpaired) electrons. The van der Waals surface area contributed by atoms with Crippen molar-refractivity contribution in [1.29, 1.82) is 0 Å². The first-order valence-corrected chi connectivity index (χ1v) is 7.13. The van der Waals surface area contributed by atoms with Crippen molar-refractivity contribution in [2.24, 2.45) is 0 Å². The molecule has 0 aliphatic heterocycles. The molecule has 1 aromatic rings. The number of carbonyl (C=O) groups excluding carboxylic acids is 1. The summed E-state index contributed by atoms with van der Waals surface area (Å²) in [5.74, 6) is -1.31. The third kappa shape index (κ3) is 6.33. The van der Waals surface area contributed by atoms with Gasteiger partial charge in [0.05, 0.1) is 6.42 Å². The van der Waals surface area contributed by atoms with Crippen molar-refractivity contribution in [2.45, 2.75) is 6.42 Å². The zero-order valence-electron chi connectivity index (χ0n) is 12.0. The molecule has 0 aromatic heterocycles. The van der Waals surface area contributed by atoms with Gasteiger partial charge in [0.1, 0.15) is 6.54 Å². The lowest BCUT2D eigenvalue weighted by molar-refractivity contribution is -0.144. The van der Waals surface area contributed by atoms with Gasteiger partial charge in [0, 0.05) is 23.1 Å². The minimum absolute atomic E-state index is 0.0523. The third-order valence-electron chi connectivity index (χ3n) is 2.85. The standard InChI is InChI=1S/C14H18Cl2N2O3/c1-17(2)5-6-18(9-14(20)21)13(19)7-10-3-4-11(15)8-12(10)16/h3-4,8H,5-7,9H2,1-2H3,(H,20,21). The molecule has 0 aliphatic carbocycles. The predicted molar refractivity (Wildman–Crippen MR) is 82.9 cm³/mol. The van der Waals surface area contributed by atoms with E-state index in [0.29, 0.717) is 28.7 Å². The molecule has 1 aromatic carbocycles. The largest absolute Gasteiger partial charge is 0.480 e. The number of hydrogen-bond donors (Lipinski definition) is 1. The Labute approximate surface area is 134 Å². The average Bonchev–Trinajstić information content (AvgIpc) is 2.37. The molecule has 0 spiro atoms. The molecule has 1 amide bonds. The van der Waals surface area contributed by atoms with Crippen molar-refractivity contribution >= 4 is 35.1 Å². The Bertz CT molecular complexity index is 521. The van der Waals surface area contributed by atoms with E-state index in [1.807, 2.05) is 19.0 Å². The molecule has 0 bridgehead atoms. The number of benzene rings is 1. The van der Waals surface area contributed by atoms with Gasteiger partial charge < -0.3 is 14.9 Å². The van der Waals surface area contributed by atoms with E-state index in [1.165, 1.54) is 4.90 Å². The summed E-state index contributed by atoms with van der Waals surface area (Å²) in [4.78, 5) is 26.3. The summed E-state index contributed by atoms with van der Waals surface area (Å²) in [7, 11) is 3.72. The lowest BCUT2D eigenvalue weighted by Gasteiger charge is -2.23. The van der Waals surface area contributed by atoms with E-state index in [-0.39, 0.29) is 18.9 Å². The topological polar surface area (TPSA) is 60.9 Å². The van der Waals surface area contributed by atoms with Gasteiger partial charge in [-0.05, 0) is 31.8 Å². The van der Waals surface area contributed by atoms with Crippen LogP contribution in [-0.2, 0) is 16.0 Å². The molecule has 0 saturated heterocycles. The number of carbonyl (C=O) groups is 2. The second-order valence-electron chi connectivity index (χ2n) is 4.92. The van der Waals surface area contributed by atoms with E-state index in [2.05, 4.69) is 0 Å². The molecule has 7 heteroatoms. The fourth-order valence-electron chi connectivity index (χ4n) is 1.72. The number of hydrogen-bond acceptors (Lipinski definition) is 3. The number of amides is 1. The van der Waals surface area contributed by atoms with Crippen LogP contribution in [0.2, 0.25) is 10.0 Å². The van der Waals surface area contributed by atoms with E-state index in [1.54, 1.807) is 18.2 Å². The summed E-state index contributed by atoms with van der Waals surface area (Å²) < 4.78 is 0. The van der Waals surface area contributed by atoms with E-state index in [4.69, 9.17) is 28.3 Å². The van der Waals surface area contributed by atoms with Gasteiger partial charge in [-0.15, -0.1) is 0 Å². The van der Waals surface area contributed by atoms with Crippen LogP contribution in [0.3, 0.4) is 0 Å². The van der Waals surface area contributed by atoms with Crippen molar-refractivity contribution in [3.63, 3.8) is 0 Å². The fraction of sp³-hybridized carbons (Fsp3) is 0.429. The van der Waals surface area contributed by atoms with Crippen LogP contribution in [0, 0.1) is 0 Å². The molecule has 0 atom stereocenters. The predicted octanol–water partition coefficient (Wildman–Crippen LogP) is 2.01. The molecule has 1 N–H and O–H groups in total. The van der Waals surface area contributed by atoms with Gasteiger partial charge >= 0.3 is 5.97 Å². The summed E-state index contributed by atoms with van der Waals surface area (Å²) in [6.07, 6.45) is 0.0523. The van der Waals surface area contributed by atoms with Crippen LogP contribution in [0.5, 0.6) is 0 Å². The SMILES string of the molecule is CN(C)CCN(CC(=O)O)C(=O)Cc1ccc(Cl)cc1Cl. The Morgan fingerprint density at radius 3 is 2.38 bits per heavy atom. The van der Waals surface area contributed by atoms with E-state index >= 15 is 0 Å². The van der Waals surface area contributed by atoms with Gasteiger partial charge in [-0.1, -0.05) is 29.3 Å². The number of rotatable bonds is 7. The maximum Gasteiger partial charge on any atom is 0.323 e. The molecule has 0 heterocycles. The van der Waals surface area contributed by atoms with Crippen LogP contribution < -0.4 is 0 Å². The Hall–Kier alpha value is -1.30. The summed E-state index contributed by atoms with van der Waals surface area (Å²) in [6.45, 7) is 0.620. The maximum absolute atomic E-state index is 12.3. The second kappa shape index (κ2) is 8.22. The van der Waals surface area contributed by atoms with Gasteiger partial charge in [-0.3, -0.25) is 9.59 Å². The number of nitrogens with zero attached hydrogens (tertiary/aromatic N) is 2. The van der Waals surface area contributed by atoms with Crippen LogP contribution in [0.1, 0.15) is 5.56 Å². The van der Waals surface area contributed by atoms with Crippen molar-refractivity contribution in [1.82, 2.24) is 9.80 Å². The molecular weight excluding hydrogens is 315 g/mol. The lowest BCUT2D eigenvalue weighted by Crippen LogP contribution is -2.40. The van der Waals surface area contributed by atoms with Crippen molar-refractivity contribution in [3.8, 4) is 0 Å². The normalized spacial score (nSPS) is 10.7. The highest BCUT2D eigenvalue weighted by molar-refractivity contribution is 6.35. The lowest BCUT2D eigenvalue weighted by atomic mass is 10.1. The van der Waals surface area contributed by atoms with E-state index < -0.39 is 5.97 Å². The Morgan fingerprint density at radius 2 is 1.86 bits per heavy atom. The molecule has 0 saturated carbocycles. The third-order valence-corrected chi connectivity index (χ3v) is 3.44. The highest BCUT2D eigenvalue weighted by Gasteiger charge is 2.18. The first-order chi connectivity index (χ1) is 9.79. The monoisotopic (exact) mass is 332 g/mol. The molecular formula is C14H18Cl2N2O3. The van der Waals surface area contributed by atoms with Crippen LogP contribution in [0.4, 0.5) is 0 Å². The van der Waals surface area contributed by atoms with E-state index in [0.717, 1.165) is 0 Å². The van der Waals surface area contributed by atoms with Gasteiger partial charge in [-0.25, -0.2) is 0 Å². The van der Waals surface area contributed by atoms with Crippen molar-refractivity contribution in [2.75, 3.05) is 33.7 Å². The smallest absolute Gasteiger partial charge is 0.323 e. The number of carboxylic acids is 1. The van der Waals surface area contributed by atoms with Crippen LogP contribution in [0.15, 0.2) is 18.2 Å². The van der Waals surface area contributed by atoms with Crippen LogP contribution in [0.25, 0.3) is 0 Å². The highest BCUT2D eigenvalue weighted by Crippen LogP contribution is 2.21. The molecule has 0 aliphatic rings.